The van der Waals surface area contributed by atoms with Gasteiger partial charge in [0.15, 0.2) is 5.82 Å². The number of carbonyl (C=O) groups is 1. The highest BCUT2D eigenvalue weighted by atomic mass is 16.5. The minimum absolute atomic E-state index is 0.0302. The Morgan fingerprint density at radius 3 is 2.77 bits per heavy atom. The zero-order valence-electron chi connectivity index (χ0n) is 17.2. The zero-order chi connectivity index (χ0) is 21.5. The van der Waals surface area contributed by atoms with E-state index in [1.54, 1.807) is 24.3 Å². The van der Waals surface area contributed by atoms with Gasteiger partial charge in [-0.2, -0.15) is 10.2 Å². The summed E-state index contributed by atoms with van der Waals surface area (Å²) in [6.45, 7) is 2.32. The predicted octanol–water partition coefficient (Wildman–Crippen LogP) is 3.72. The summed E-state index contributed by atoms with van der Waals surface area (Å²) >= 11 is 0. The van der Waals surface area contributed by atoms with Crippen LogP contribution in [0.3, 0.4) is 0 Å². The molecule has 1 atom stereocenters. The number of hydrogen-bond acceptors (Lipinski definition) is 6. The van der Waals surface area contributed by atoms with Crippen LogP contribution in [0.4, 0.5) is 0 Å². The number of amides is 1. The number of aromatic nitrogens is 2. The maximum Gasteiger partial charge on any atom is 0.253 e. The first kappa shape index (κ1) is 20.8. The van der Waals surface area contributed by atoms with Crippen LogP contribution >= 0.6 is 0 Å². The Kier molecular flexibility index (Phi) is 6.70. The largest absolute Gasteiger partial charge is 0.376 e. The van der Waals surface area contributed by atoms with Crippen molar-refractivity contribution in [3.8, 4) is 6.07 Å². The first-order valence-corrected chi connectivity index (χ1v) is 10.5. The molecule has 1 fully saturated rings. The highest BCUT2D eigenvalue weighted by Crippen LogP contribution is 2.27. The molecule has 0 radical (unpaired) electrons. The Bertz CT molecular complexity index is 1040. The number of carbonyl (C=O) groups excluding carboxylic acids is 1. The van der Waals surface area contributed by atoms with Gasteiger partial charge in [-0.05, 0) is 42.7 Å². The first-order chi connectivity index (χ1) is 15.2. The van der Waals surface area contributed by atoms with Crippen LogP contribution in [0, 0.1) is 11.3 Å². The molecule has 158 valence electrons. The number of benzene rings is 2. The van der Waals surface area contributed by atoms with E-state index in [0.717, 1.165) is 18.4 Å². The number of nitriles is 1. The number of hydrogen-bond donors (Lipinski definition) is 0. The van der Waals surface area contributed by atoms with Crippen molar-refractivity contribution in [1.29, 1.82) is 5.26 Å². The van der Waals surface area contributed by atoms with Crippen LogP contribution in [-0.4, -0.2) is 40.6 Å². The van der Waals surface area contributed by atoms with Crippen LogP contribution in [0.25, 0.3) is 0 Å². The molecule has 1 saturated heterocycles. The summed E-state index contributed by atoms with van der Waals surface area (Å²) in [4.78, 5) is 19.2. The summed E-state index contributed by atoms with van der Waals surface area (Å²) in [6.07, 6.45) is 2.37. The number of ether oxygens (including phenoxy) is 1. The Morgan fingerprint density at radius 2 is 2.00 bits per heavy atom. The molecule has 4 rings (SSSR count). The lowest BCUT2D eigenvalue weighted by Crippen LogP contribution is -2.39. The fraction of sp³-hybridized carbons (Fsp3) is 0.333. The van der Waals surface area contributed by atoms with Gasteiger partial charge in [-0.3, -0.25) is 4.79 Å². The van der Waals surface area contributed by atoms with Gasteiger partial charge in [0.25, 0.3) is 5.91 Å². The summed E-state index contributed by atoms with van der Waals surface area (Å²) in [7, 11) is 0. The average Bonchev–Trinajstić information content (AvgIpc) is 3.31. The molecule has 1 aliphatic rings. The first-order valence-electron chi connectivity index (χ1n) is 10.5. The monoisotopic (exact) mass is 416 g/mol. The van der Waals surface area contributed by atoms with Crippen molar-refractivity contribution in [3.05, 3.63) is 83.0 Å². The van der Waals surface area contributed by atoms with Crippen LogP contribution in [0.2, 0.25) is 0 Å². The number of piperidine rings is 1. The second-order valence-electron chi connectivity index (χ2n) is 7.62. The van der Waals surface area contributed by atoms with Crippen molar-refractivity contribution in [2.24, 2.45) is 0 Å². The molecule has 1 unspecified atom stereocenters. The van der Waals surface area contributed by atoms with Crippen molar-refractivity contribution in [1.82, 2.24) is 15.0 Å². The standard InChI is InChI=1S/C24H24N4O3/c25-15-18-8-10-20(11-9-18)24(29)28-13-4-7-21(16-28)23-26-22(27-31-23)12-14-30-17-19-5-2-1-3-6-19/h1-3,5-6,8-11,21H,4,7,12-14,16-17H2. The third kappa shape index (κ3) is 5.36. The lowest BCUT2D eigenvalue weighted by molar-refractivity contribution is 0.0695. The van der Waals surface area contributed by atoms with E-state index in [1.807, 2.05) is 35.2 Å². The highest BCUT2D eigenvalue weighted by Gasteiger charge is 2.29. The molecule has 1 amide bonds. The lowest BCUT2D eigenvalue weighted by Gasteiger charge is -2.31. The summed E-state index contributed by atoms with van der Waals surface area (Å²) in [5.41, 5.74) is 2.26. The van der Waals surface area contributed by atoms with Crippen molar-refractivity contribution < 1.29 is 14.1 Å². The van der Waals surface area contributed by atoms with Crippen LogP contribution in [-0.2, 0) is 17.8 Å². The summed E-state index contributed by atoms with van der Waals surface area (Å²) in [6, 6.07) is 18.8. The molecule has 31 heavy (non-hydrogen) atoms. The molecule has 2 heterocycles. The molecule has 1 aromatic heterocycles. The summed E-state index contributed by atoms with van der Waals surface area (Å²) in [5.74, 6) is 1.19. The second kappa shape index (κ2) is 10.0. The van der Waals surface area contributed by atoms with Crippen molar-refractivity contribution in [2.75, 3.05) is 19.7 Å². The third-order valence-corrected chi connectivity index (χ3v) is 5.38. The van der Waals surface area contributed by atoms with Crippen molar-refractivity contribution in [2.45, 2.75) is 31.8 Å². The van der Waals surface area contributed by atoms with E-state index in [2.05, 4.69) is 16.2 Å². The summed E-state index contributed by atoms with van der Waals surface area (Å²) < 4.78 is 11.2. The molecular weight excluding hydrogens is 392 g/mol. The second-order valence-corrected chi connectivity index (χ2v) is 7.62. The highest BCUT2D eigenvalue weighted by molar-refractivity contribution is 5.94. The molecule has 2 aromatic carbocycles. The van der Waals surface area contributed by atoms with Gasteiger partial charge < -0.3 is 14.2 Å². The number of likely N-dealkylation sites (tertiary alicyclic amines) is 1. The van der Waals surface area contributed by atoms with E-state index in [0.29, 0.717) is 55.6 Å². The molecular formula is C24H24N4O3. The Hall–Kier alpha value is -3.50. The average molecular weight is 416 g/mol. The van der Waals surface area contributed by atoms with E-state index in [-0.39, 0.29) is 11.8 Å². The maximum absolute atomic E-state index is 12.8. The minimum Gasteiger partial charge on any atom is -0.376 e. The third-order valence-electron chi connectivity index (χ3n) is 5.38. The number of nitrogens with zero attached hydrogens (tertiary/aromatic N) is 4. The normalized spacial score (nSPS) is 16.1. The molecule has 0 spiro atoms. The Morgan fingerprint density at radius 1 is 1.19 bits per heavy atom. The van der Waals surface area contributed by atoms with E-state index in [4.69, 9.17) is 14.5 Å². The van der Waals surface area contributed by atoms with E-state index in [9.17, 15) is 4.79 Å². The van der Waals surface area contributed by atoms with Gasteiger partial charge in [0, 0.05) is 25.1 Å². The predicted molar refractivity (Wildman–Crippen MR) is 113 cm³/mol. The van der Waals surface area contributed by atoms with E-state index >= 15 is 0 Å². The fourth-order valence-electron chi connectivity index (χ4n) is 3.70. The van der Waals surface area contributed by atoms with Gasteiger partial charge in [0.2, 0.25) is 5.89 Å². The number of rotatable bonds is 7. The molecule has 0 saturated carbocycles. The Balaban J connectivity index is 1.29. The topological polar surface area (TPSA) is 92.2 Å². The lowest BCUT2D eigenvalue weighted by atomic mass is 9.97. The van der Waals surface area contributed by atoms with Crippen LogP contribution < -0.4 is 0 Å². The minimum atomic E-state index is -0.0387. The van der Waals surface area contributed by atoms with E-state index in [1.165, 1.54) is 0 Å². The molecule has 1 aliphatic heterocycles. The smallest absolute Gasteiger partial charge is 0.253 e. The van der Waals surface area contributed by atoms with Gasteiger partial charge in [0.1, 0.15) is 0 Å². The van der Waals surface area contributed by atoms with Gasteiger partial charge in [-0.25, -0.2) is 0 Å². The zero-order valence-corrected chi connectivity index (χ0v) is 17.2. The molecule has 3 aromatic rings. The fourth-order valence-corrected chi connectivity index (χ4v) is 3.70. The van der Waals surface area contributed by atoms with Gasteiger partial charge >= 0.3 is 0 Å². The quantitative estimate of drug-likeness (QED) is 0.545. The molecule has 0 aliphatic carbocycles. The van der Waals surface area contributed by atoms with Crippen LogP contribution in [0.1, 0.15) is 52.0 Å². The van der Waals surface area contributed by atoms with Gasteiger partial charge in [0.05, 0.1) is 30.8 Å². The summed E-state index contributed by atoms with van der Waals surface area (Å²) in [5, 5.41) is 13.0. The maximum atomic E-state index is 12.8. The van der Waals surface area contributed by atoms with Crippen molar-refractivity contribution >= 4 is 5.91 Å². The molecule has 0 N–H and O–H groups in total. The molecule has 0 bridgehead atoms. The van der Waals surface area contributed by atoms with Gasteiger partial charge in [-0.1, -0.05) is 35.5 Å². The van der Waals surface area contributed by atoms with Crippen LogP contribution in [0.15, 0.2) is 59.1 Å². The SMILES string of the molecule is N#Cc1ccc(C(=O)N2CCCC(c3nc(CCOCc4ccccc4)no3)C2)cc1. The van der Waals surface area contributed by atoms with E-state index < -0.39 is 0 Å². The van der Waals surface area contributed by atoms with Crippen molar-refractivity contribution in [3.63, 3.8) is 0 Å². The Labute approximate surface area is 181 Å². The van der Waals surface area contributed by atoms with Crippen LogP contribution in [0.5, 0.6) is 0 Å². The van der Waals surface area contributed by atoms with Gasteiger partial charge in [-0.15, -0.1) is 0 Å². The molecule has 7 nitrogen and oxygen atoms in total. The molecule has 7 heteroatoms.